The molecular formula is C25H38N4O3. The van der Waals surface area contributed by atoms with Crippen molar-refractivity contribution in [3.8, 4) is 11.5 Å². The highest BCUT2D eigenvalue weighted by Gasteiger charge is 2.08. The standard InChI is InChI=1S/C25H38N4O3/c1-6-30-15-16-32-24-17-20(2)11-12-22(24)19-28-25(26-3)27-18-21-9-7-8-10-23(21)31-14-13-29(4)5/h7-12,17H,6,13-16,18-19H2,1-5H3,(H2,26,27,28). The molecule has 0 amide bonds. The molecule has 0 aliphatic heterocycles. The largest absolute Gasteiger partial charge is 0.492 e. The Morgan fingerprint density at radius 1 is 0.906 bits per heavy atom. The van der Waals surface area contributed by atoms with Crippen molar-refractivity contribution in [3.63, 3.8) is 0 Å². The van der Waals surface area contributed by atoms with E-state index in [2.05, 4.69) is 51.7 Å². The molecule has 176 valence electrons. The van der Waals surface area contributed by atoms with Crippen LogP contribution >= 0.6 is 0 Å². The lowest BCUT2D eigenvalue weighted by Gasteiger charge is -2.17. The first-order valence-corrected chi connectivity index (χ1v) is 11.1. The van der Waals surface area contributed by atoms with Gasteiger partial charge in [0, 0.05) is 44.4 Å². The van der Waals surface area contributed by atoms with Gasteiger partial charge in [0.2, 0.25) is 0 Å². The lowest BCUT2D eigenvalue weighted by Crippen LogP contribution is -2.36. The van der Waals surface area contributed by atoms with Crippen LogP contribution in [0.3, 0.4) is 0 Å². The maximum absolute atomic E-state index is 5.96. The fourth-order valence-corrected chi connectivity index (χ4v) is 3.00. The Morgan fingerprint density at radius 2 is 1.59 bits per heavy atom. The number of guanidine groups is 1. The summed E-state index contributed by atoms with van der Waals surface area (Å²) in [4.78, 5) is 6.46. The zero-order chi connectivity index (χ0) is 23.2. The minimum Gasteiger partial charge on any atom is -0.492 e. The van der Waals surface area contributed by atoms with Gasteiger partial charge in [-0.2, -0.15) is 0 Å². The molecule has 0 aliphatic rings. The van der Waals surface area contributed by atoms with E-state index in [1.807, 2.05) is 39.2 Å². The molecular weight excluding hydrogens is 404 g/mol. The summed E-state index contributed by atoms with van der Waals surface area (Å²) >= 11 is 0. The minimum absolute atomic E-state index is 0.530. The van der Waals surface area contributed by atoms with Gasteiger partial charge in [-0.25, -0.2) is 0 Å². The van der Waals surface area contributed by atoms with Gasteiger partial charge in [-0.1, -0.05) is 30.3 Å². The third-order valence-corrected chi connectivity index (χ3v) is 4.80. The molecule has 0 aliphatic carbocycles. The normalized spacial score (nSPS) is 11.5. The maximum Gasteiger partial charge on any atom is 0.191 e. The Morgan fingerprint density at radius 3 is 2.28 bits per heavy atom. The molecule has 0 radical (unpaired) electrons. The molecule has 0 unspecified atom stereocenters. The number of likely N-dealkylation sites (N-methyl/N-ethyl adjacent to an activating group) is 1. The minimum atomic E-state index is 0.530. The Hall–Kier alpha value is -2.77. The average Bonchev–Trinajstić information content (AvgIpc) is 2.78. The van der Waals surface area contributed by atoms with Crippen molar-refractivity contribution in [1.82, 2.24) is 15.5 Å². The van der Waals surface area contributed by atoms with Gasteiger partial charge in [-0.3, -0.25) is 4.99 Å². The Bertz CT molecular complexity index is 840. The van der Waals surface area contributed by atoms with Gasteiger partial charge in [-0.15, -0.1) is 0 Å². The molecule has 2 N–H and O–H groups in total. The first-order valence-electron chi connectivity index (χ1n) is 11.1. The highest BCUT2D eigenvalue weighted by atomic mass is 16.5. The molecule has 7 nitrogen and oxygen atoms in total. The highest BCUT2D eigenvalue weighted by molar-refractivity contribution is 5.79. The molecule has 2 aromatic rings. The Balaban J connectivity index is 1.92. The van der Waals surface area contributed by atoms with E-state index in [0.29, 0.717) is 45.5 Å². The third-order valence-electron chi connectivity index (χ3n) is 4.80. The predicted molar refractivity (Wildman–Crippen MR) is 131 cm³/mol. The van der Waals surface area contributed by atoms with Gasteiger partial charge in [0.05, 0.1) is 6.61 Å². The van der Waals surface area contributed by atoms with Crippen LogP contribution in [0.4, 0.5) is 0 Å². The number of nitrogens with zero attached hydrogens (tertiary/aromatic N) is 2. The van der Waals surface area contributed by atoms with Crippen LogP contribution in [0, 0.1) is 6.92 Å². The number of aliphatic imine (C=N–C) groups is 1. The van der Waals surface area contributed by atoms with E-state index in [9.17, 15) is 0 Å². The molecule has 32 heavy (non-hydrogen) atoms. The van der Waals surface area contributed by atoms with Crippen LogP contribution in [0.15, 0.2) is 47.5 Å². The summed E-state index contributed by atoms with van der Waals surface area (Å²) < 4.78 is 17.3. The first kappa shape index (κ1) is 25.5. The number of aryl methyl sites for hydroxylation is 1. The summed E-state index contributed by atoms with van der Waals surface area (Å²) in [5.41, 5.74) is 3.32. The van der Waals surface area contributed by atoms with E-state index in [1.54, 1.807) is 7.05 Å². The van der Waals surface area contributed by atoms with E-state index in [4.69, 9.17) is 14.2 Å². The molecule has 2 aromatic carbocycles. The predicted octanol–water partition coefficient (Wildman–Crippen LogP) is 3.22. The number of nitrogens with one attached hydrogen (secondary N) is 2. The van der Waals surface area contributed by atoms with Crippen molar-refractivity contribution in [2.45, 2.75) is 26.9 Å². The first-order chi connectivity index (χ1) is 15.5. The second-order valence-corrected chi connectivity index (χ2v) is 7.70. The summed E-state index contributed by atoms with van der Waals surface area (Å²) in [6, 6.07) is 14.3. The van der Waals surface area contributed by atoms with Gasteiger partial charge in [-0.05, 0) is 45.6 Å². The third kappa shape index (κ3) is 9.16. The Labute approximate surface area is 192 Å². The van der Waals surface area contributed by atoms with Crippen molar-refractivity contribution in [2.24, 2.45) is 4.99 Å². The second kappa shape index (κ2) is 14.3. The Kier molecular flexibility index (Phi) is 11.4. The number of rotatable bonds is 13. The summed E-state index contributed by atoms with van der Waals surface area (Å²) in [5.74, 6) is 2.47. The average molecular weight is 443 g/mol. The van der Waals surface area contributed by atoms with Crippen molar-refractivity contribution in [2.75, 3.05) is 54.1 Å². The SMILES string of the molecule is CCOCCOc1cc(C)ccc1CNC(=NC)NCc1ccccc1OCCN(C)C. The highest BCUT2D eigenvalue weighted by Crippen LogP contribution is 2.20. The van der Waals surface area contributed by atoms with E-state index < -0.39 is 0 Å². The molecule has 2 rings (SSSR count). The lowest BCUT2D eigenvalue weighted by molar-refractivity contribution is 0.110. The molecule has 0 heterocycles. The van der Waals surface area contributed by atoms with Crippen molar-refractivity contribution < 1.29 is 14.2 Å². The van der Waals surface area contributed by atoms with Gasteiger partial charge in [0.25, 0.3) is 0 Å². The van der Waals surface area contributed by atoms with Crippen molar-refractivity contribution >= 4 is 5.96 Å². The summed E-state index contributed by atoms with van der Waals surface area (Å²) in [6.45, 7) is 8.58. The zero-order valence-corrected chi connectivity index (χ0v) is 20.1. The number of hydrogen-bond acceptors (Lipinski definition) is 5. The van der Waals surface area contributed by atoms with Crippen LogP contribution in [0.25, 0.3) is 0 Å². The summed E-state index contributed by atoms with van der Waals surface area (Å²) in [5, 5.41) is 6.75. The van der Waals surface area contributed by atoms with Crippen molar-refractivity contribution in [3.05, 3.63) is 59.2 Å². The van der Waals surface area contributed by atoms with E-state index in [-0.39, 0.29) is 0 Å². The molecule has 7 heteroatoms. The summed E-state index contributed by atoms with van der Waals surface area (Å²) in [7, 11) is 5.84. The van der Waals surface area contributed by atoms with Crippen LogP contribution in [0.2, 0.25) is 0 Å². The quantitative estimate of drug-likeness (QED) is 0.282. The molecule has 0 fully saturated rings. The van der Waals surface area contributed by atoms with Gasteiger partial charge in [0.1, 0.15) is 24.7 Å². The fourth-order valence-electron chi connectivity index (χ4n) is 3.00. The molecule has 0 saturated heterocycles. The van der Waals surface area contributed by atoms with Crippen LogP contribution in [0.1, 0.15) is 23.6 Å². The molecule has 0 bridgehead atoms. The second-order valence-electron chi connectivity index (χ2n) is 7.70. The molecule has 0 atom stereocenters. The van der Waals surface area contributed by atoms with E-state index in [0.717, 1.165) is 34.7 Å². The van der Waals surface area contributed by atoms with Gasteiger partial charge in [0.15, 0.2) is 5.96 Å². The number of hydrogen-bond donors (Lipinski definition) is 2. The maximum atomic E-state index is 5.96. The van der Waals surface area contributed by atoms with Crippen LogP contribution in [-0.4, -0.2) is 65.0 Å². The zero-order valence-electron chi connectivity index (χ0n) is 20.1. The molecule has 0 spiro atoms. The monoisotopic (exact) mass is 442 g/mol. The molecule has 0 saturated carbocycles. The van der Waals surface area contributed by atoms with E-state index >= 15 is 0 Å². The van der Waals surface area contributed by atoms with Crippen LogP contribution in [0.5, 0.6) is 11.5 Å². The summed E-state index contributed by atoms with van der Waals surface area (Å²) in [6.07, 6.45) is 0. The number of para-hydroxylation sites is 1. The van der Waals surface area contributed by atoms with Crippen molar-refractivity contribution in [1.29, 1.82) is 0 Å². The number of ether oxygens (including phenoxy) is 3. The van der Waals surface area contributed by atoms with Gasteiger partial charge >= 0.3 is 0 Å². The topological polar surface area (TPSA) is 67.3 Å². The van der Waals surface area contributed by atoms with Crippen LogP contribution < -0.4 is 20.1 Å². The van der Waals surface area contributed by atoms with Crippen LogP contribution in [-0.2, 0) is 17.8 Å². The fraction of sp³-hybridized carbons (Fsp3) is 0.480. The smallest absolute Gasteiger partial charge is 0.191 e. The number of benzene rings is 2. The van der Waals surface area contributed by atoms with Gasteiger partial charge < -0.3 is 29.7 Å². The lowest BCUT2D eigenvalue weighted by atomic mass is 10.1. The molecule has 0 aromatic heterocycles. The van der Waals surface area contributed by atoms with E-state index in [1.165, 1.54) is 0 Å².